The summed E-state index contributed by atoms with van der Waals surface area (Å²) in [7, 11) is 0. The molecule has 0 unspecified atom stereocenters. The van der Waals surface area contributed by atoms with Gasteiger partial charge in [0.2, 0.25) is 11.9 Å². The second-order valence-corrected chi connectivity index (χ2v) is 6.52. The maximum atomic E-state index is 13.0. The molecule has 0 saturated heterocycles. The minimum Gasteiger partial charge on any atom is -0.508 e. The van der Waals surface area contributed by atoms with Crippen LogP contribution in [0.2, 0.25) is 0 Å². The molecule has 0 bridgehead atoms. The van der Waals surface area contributed by atoms with Gasteiger partial charge < -0.3 is 19.7 Å². The fourth-order valence-corrected chi connectivity index (χ4v) is 3.13. The summed E-state index contributed by atoms with van der Waals surface area (Å²) in [5, 5.41) is 19.8. The van der Waals surface area contributed by atoms with E-state index in [1.54, 1.807) is 24.3 Å². The van der Waals surface area contributed by atoms with Crippen molar-refractivity contribution in [2.45, 2.75) is 44.8 Å². The number of carbonyl (C=O) groups excluding carboxylic acids is 2. The summed E-state index contributed by atoms with van der Waals surface area (Å²) in [6, 6.07) is 11.3. The van der Waals surface area contributed by atoms with Gasteiger partial charge in [0.1, 0.15) is 22.8 Å². The lowest BCUT2D eigenvalue weighted by Crippen LogP contribution is -2.40. The molecule has 1 aliphatic rings. The standard InChI is InChI=1S/C21H22O6/c1-2-3-5-10-17(24)27-21-19(25)18-15(23)11-14(22)12-16(18)26-20(21)13-8-6-4-7-9-13/h4,6-9,11-12,20-23H,2-3,5,10H2,1H3/t20-,21+/m1/s1. The van der Waals surface area contributed by atoms with Gasteiger partial charge in [-0.25, -0.2) is 0 Å². The number of Topliss-reactive ketones (excluding diaryl/α,β-unsaturated/α-hetero) is 1. The van der Waals surface area contributed by atoms with Gasteiger partial charge in [0.15, 0.2) is 6.10 Å². The topological polar surface area (TPSA) is 93.1 Å². The predicted octanol–water partition coefficient (Wildman–Crippen LogP) is 3.91. The molecule has 6 heteroatoms. The van der Waals surface area contributed by atoms with E-state index in [9.17, 15) is 19.8 Å². The Morgan fingerprint density at radius 2 is 1.89 bits per heavy atom. The van der Waals surface area contributed by atoms with Gasteiger partial charge in [0, 0.05) is 18.6 Å². The molecule has 0 aliphatic carbocycles. The first-order valence-electron chi connectivity index (χ1n) is 9.02. The van der Waals surface area contributed by atoms with Crippen molar-refractivity contribution in [2.75, 3.05) is 0 Å². The molecule has 1 aliphatic heterocycles. The van der Waals surface area contributed by atoms with Crippen molar-refractivity contribution in [3.63, 3.8) is 0 Å². The molecule has 0 radical (unpaired) electrons. The number of ether oxygens (including phenoxy) is 2. The van der Waals surface area contributed by atoms with Gasteiger partial charge in [-0.05, 0) is 12.0 Å². The second-order valence-electron chi connectivity index (χ2n) is 6.52. The smallest absolute Gasteiger partial charge is 0.306 e. The van der Waals surface area contributed by atoms with Crippen molar-refractivity contribution < 1.29 is 29.3 Å². The number of ketones is 1. The van der Waals surface area contributed by atoms with Crippen LogP contribution in [0.5, 0.6) is 17.2 Å². The minimum absolute atomic E-state index is 0.0598. The van der Waals surface area contributed by atoms with E-state index in [0.717, 1.165) is 18.9 Å². The quantitative estimate of drug-likeness (QED) is 0.592. The third-order valence-electron chi connectivity index (χ3n) is 4.47. The van der Waals surface area contributed by atoms with Crippen molar-refractivity contribution in [2.24, 2.45) is 0 Å². The van der Waals surface area contributed by atoms with Gasteiger partial charge in [0.25, 0.3) is 0 Å². The molecule has 2 aromatic rings. The van der Waals surface area contributed by atoms with Gasteiger partial charge in [-0.15, -0.1) is 0 Å². The Labute approximate surface area is 157 Å². The number of benzene rings is 2. The molecule has 2 aromatic carbocycles. The van der Waals surface area contributed by atoms with Crippen molar-refractivity contribution in [1.29, 1.82) is 0 Å². The van der Waals surface area contributed by atoms with Crippen molar-refractivity contribution >= 4 is 11.8 Å². The van der Waals surface area contributed by atoms with E-state index in [2.05, 4.69) is 0 Å². The molecule has 0 spiro atoms. The highest BCUT2D eigenvalue weighted by Crippen LogP contribution is 2.42. The lowest BCUT2D eigenvalue weighted by Gasteiger charge is -2.32. The van der Waals surface area contributed by atoms with Crippen molar-refractivity contribution in [3.05, 3.63) is 53.6 Å². The molecule has 3 rings (SSSR count). The molecule has 0 saturated carbocycles. The fraction of sp³-hybridized carbons (Fsp3) is 0.333. The molecular weight excluding hydrogens is 348 g/mol. The van der Waals surface area contributed by atoms with Crippen LogP contribution in [0.3, 0.4) is 0 Å². The Bertz CT molecular complexity index is 830. The molecule has 0 amide bonds. The summed E-state index contributed by atoms with van der Waals surface area (Å²) in [6.07, 6.45) is 0.703. The summed E-state index contributed by atoms with van der Waals surface area (Å²) in [6.45, 7) is 2.03. The molecule has 1 heterocycles. The lowest BCUT2D eigenvalue weighted by atomic mass is 9.92. The third-order valence-corrected chi connectivity index (χ3v) is 4.47. The van der Waals surface area contributed by atoms with Crippen LogP contribution in [0.25, 0.3) is 0 Å². The highest BCUT2D eigenvalue weighted by atomic mass is 16.6. The number of phenols is 2. The molecule has 142 valence electrons. The van der Waals surface area contributed by atoms with Crippen LogP contribution in [0.15, 0.2) is 42.5 Å². The molecule has 2 N–H and O–H groups in total. The van der Waals surface area contributed by atoms with Gasteiger partial charge in [0.05, 0.1) is 0 Å². The maximum absolute atomic E-state index is 13.0. The van der Waals surface area contributed by atoms with Crippen LogP contribution in [0, 0.1) is 0 Å². The number of aromatic hydroxyl groups is 2. The number of hydrogen-bond donors (Lipinski definition) is 2. The largest absolute Gasteiger partial charge is 0.508 e. The first-order chi connectivity index (χ1) is 13.0. The van der Waals surface area contributed by atoms with E-state index in [4.69, 9.17) is 9.47 Å². The normalized spacial score (nSPS) is 18.5. The molecule has 2 atom stereocenters. The zero-order valence-corrected chi connectivity index (χ0v) is 15.1. The lowest BCUT2D eigenvalue weighted by molar-refractivity contribution is -0.151. The zero-order valence-electron chi connectivity index (χ0n) is 15.1. The molecule has 0 fully saturated rings. The van der Waals surface area contributed by atoms with Crippen LogP contribution in [0.4, 0.5) is 0 Å². The molecule has 0 aromatic heterocycles. The molecular formula is C21H22O6. The van der Waals surface area contributed by atoms with Gasteiger partial charge in [-0.3, -0.25) is 9.59 Å². The Kier molecular flexibility index (Phi) is 5.64. The number of phenolic OH excluding ortho intramolecular Hbond substituents is 2. The summed E-state index contributed by atoms with van der Waals surface area (Å²) in [5.41, 5.74) is 0.567. The number of hydrogen-bond acceptors (Lipinski definition) is 6. The van der Waals surface area contributed by atoms with Crippen LogP contribution < -0.4 is 4.74 Å². The summed E-state index contributed by atoms with van der Waals surface area (Å²) in [4.78, 5) is 25.2. The van der Waals surface area contributed by atoms with E-state index >= 15 is 0 Å². The first kappa shape index (κ1) is 18.8. The van der Waals surface area contributed by atoms with Crippen LogP contribution in [-0.4, -0.2) is 28.1 Å². The fourth-order valence-electron chi connectivity index (χ4n) is 3.13. The Balaban J connectivity index is 1.94. The van der Waals surface area contributed by atoms with Crippen LogP contribution in [-0.2, 0) is 9.53 Å². The van der Waals surface area contributed by atoms with E-state index < -0.39 is 29.7 Å². The summed E-state index contributed by atoms with van der Waals surface area (Å²) in [5.74, 6) is -1.60. The van der Waals surface area contributed by atoms with E-state index in [1.165, 1.54) is 6.07 Å². The average molecular weight is 370 g/mol. The third kappa shape index (κ3) is 4.05. The van der Waals surface area contributed by atoms with E-state index in [0.29, 0.717) is 12.0 Å². The average Bonchev–Trinajstić information content (AvgIpc) is 2.64. The Morgan fingerprint density at radius 3 is 2.59 bits per heavy atom. The van der Waals surface area contributed by atoms with Crippen molar-refractivity contribution in [1.82, 2.24) is 0 Å². The highest BCUT2D eigenvalue weighted by molar-refractivity contribution is 6.06. The number of carbonyl (C=O) groups is 2. The maximum Gasteiger partial charge on any atom is 0.306 e. The number of rotatable bonds is 6. The van der Waals surface area contributed by atoms with Gasteiger partial charge >= 0.3 is 5.97 Å². The SMILES string of the molecule is CCCCCC(=O)O[C@H]1C(=O)c2c(O)cc(O)cc2O[C@@H]1c1ccccc1. The summed E-state index contributed by atoms with van der Waals surface area (Å²) >= 11 is 0. The summed E-state index contributed by atoms with van der Waals surface area (Å²) < 4.78 is 11.3. The second kappa shape index (κ2) is 8.12. The Hall–Kier alpha value is -3.02. The highest BCUT2D eigenvalue weighted by Gasteiger charge is 2.42. The van der Waals surface area contributed by atoms with Crippen LogP contribution in [0.1, 0.15) is 54.6 Å². The number of unbranched alkanes of at least 4 members (excludes halogenated alkanes) is 2. The van der Waals surface area contributed by atoms with E-state index in [1.807, 2.05) is 13.0 Å². The van der Waals surface area contributed by atoms with E-state index in [-0.39, 0.29) is 23.5 Å². The predicted molar refractivity (Wildman–Crippen MR) is 97.9 cm³/mol. The van der Waals surface area contributed by atoms with Gasteiger partial charge in [-0.1, -0.05) is 50.1 Å². The van der Waals surface area contributed by atoms with Crippen LogP contribution >= 0.6 is 0 Å². The monoisotopic (exact) mass is 370 g/mol. The van der Waals surface area contributed by atoms with Crippen molar-refractivity contribution in [3.8, 4) is 17.2 Å². The van der Waals surface area contributed by atoms with Gasteiger partial charge in [-0.2, -0.15) is 0 Å². The molecule has 6 nitrogen and oxygen atoms in total. The zero-order chi connectivity index (χ0) is 19.4. The Morgan fingerprint density at radius 1 is 1.15 bits per heavy atom. The minimum atomic E-state index is -1.20. The number of esters is 1. The molecule has 27 heavy (non-hydrogen) atoms. The number of fused-ring (bicyclic) bond motifs is 1. The first-order valence-corrected chi connectivity index (χ1v) is 9.02.